The van der Waals surface area contributed by atoms with Gasteiger partial charge in [0, 0.05) is 11.5 Å². The van der Waals surface area contributed by atoms with Gasteiger partial charge in [-0.1, -0.05) is 67.6 Å². The fourth-order valence-corrected chi connectivity index (χ4v) is 3.72. The first-order valence-electron chi connectivity index (χ1n) is 9.35. The molecular weight excluding hydrogens is 328 g/mol. The van der Waals surface area contributed by atoms with Gasteiger partial charge < -0.3 is 18.9 Å². The van der Waals surface area contributed by atoms with Gasteiger partial charge in [0.05, 0.1) is 25.4 Å². The van der Waals surface area contributed by atoms with E-state index in [0.717, 1.165) is 5.56 Å². The van der Waals surface area contributed by atoms with Crippen molar-refractivity contribution in [3.63, 3.8) is 0 Å². The van der Waals surface area contributed by atoms with Crippen LogP contribution in [0.25, 0.3) is 0 Å². The third-order valence-electron chi connectivity index (χ3n) is 5.39. The second-order valence-electron chi connectivity index (χ2n) is 7.18. The molecule has 0 bridgehead atoms. The summed E-state index contributed by atoms with van der Waals surface area (Å²) in [4.78, 5) is 0. The molecule has 4 nitrogen and oxygen atoms in total. The molecule has 138 valence electrons. The quantitative estimate of drug-likeness (QED) is 0.828. The van der Waals surface area contributed by atoms with E-state index in [1.54, 1.807) is 0 Å². The van der Waals surface area contributed by atoms with Gasteiger partial charge >= 0.3 is 0 Å². The van der Waals surface area contributed by atoms with Gasteiger partial charge in [-0.3, -0.25) is 0 Å². The molecule has 0 saturated carbocycles. The van der Waals surface area contributed by atoms with E-state index in [1.165, 1.54) is 5.56 Å². The number of ether oxygens (including phenoxy) is 4. The lowest BCUT2D eigenvalue weighted by atomic mass is 9.88. The minimum Gasteiger partial charge on any atom is -0.370 e. The van der Waals surface area contributed by atoms with Gasteiger partial charge in [0.25, 0.3) is 0 Å². The van der Waals surface area contributed by atoms with Crippen LogP contribution in [0.2, 0.25) is 0 Å². The summed E-state index contributed by atoms with van der Waals surface area (Å²) in [7, 11) is 0. The predicted octanol–water partition coefficient (Wildman–Crippen LogP) is 4.11. The molecule has 0 aromatic heterocycles. The average molecular weight is 354 g/mol. The third kappa shape index (κ3) is 3.69. The fraction of sp³-hybridized carbons (Fsp3) is 0.455. The Balaban J connectivity index is 1.50. The molecule has 26 heavy (non-hydrogen) atoms. The van der Waals surface area contributed by atoms with E-state index in [0.29, 0.717) is 13.2 Å². The normalized spacial score (nSPS) is 34.2. The summed E-state index contributed by atoms with van der Waals surface area (Å²) in [6.45, 7) is 5.37. The van der Waals surface area contributed by atoms with E-state index in [2.05, 4.69) is 26.0 Å². The number of rotatable bonds is 4. The highest BCUT2D eigenvalue weighted by atomic mass is 16.7. The second kappa shape index (κ2) is 7.89. The Morgan fingerprint density at radius 3 is 2.35 bits per heavy atom. The highest BCUT2D eigenvalue weighted by molar-refractivity contribution is 5.17. The summed E-state index contributed by atoms with van der Waals surface area (Å²) >= 11 is 0. The van der Waals surface area contributed by atoms with Gasteiger partial charge in [0.2, 0.25) is 0 Å². The van der Waals surface area contributed by atoms with Crippen LogP contribution in [-0.2, 0) is 25.6 Å². The summed E-state index contributed by atoms with van der Waals surface area (Å²) in [6.07, 6.45) is -0.521. The Hall–Kier alpha value is -1.72. The van der Waals surface area contributed by atoms with E-state index < -0.39 is 0 Å². The molecule has 0 spiro atoms. The summed E-state index contributed by atoms with van der Waals surface area (Å²) in [5.41, 5.74) is 2.20. The standard InChI is InChI=1S/C22H26O4/c1-15-16(2)25-19-14-24-22(18-11-7-4-8-12-18)26-21(19)20(15)23-13-17-9-5-3-6-10-17/h3-12,15-16,19-22H,13-14H2,1-2H3. The topological polar surface area (TPSA) is 36.9 Å². The summed E-state index contributed by atoms with van der Waals surface area (Å²) in [5, 5.41) is 0. The van der Waals surface area contributed by atoms with Crippen molar-refractivity contribution >= 4 is 0 Å². The van der Waals surface area contributed by atoms with Crippen molar-refractivity contribution < 1.29 is 18.9 Å². The molecule has 2 saturated heterocycles. The first kappa shape index (κ1) is 17.7. The van der Waals surface area contributed by atoms with E-state index in [1.807, 2.05) is 48.5 Å². The molecule has 4 rings (SSSR count). The molecule has 2 aromatic carbocycles. The van der Waals surface area contributed by atoms with E-state index >= 15 is 0 Å². The molecule has 2 aliphatic rings. The van der Waals surface area contributed by atoms with Gasteiger partial charge in [0.15, 0.2) is 6.29 Å². The van der Waals surface area contributed by atoms with Crippen LogP contribution in [-0.4, -0.2) is 31.0 Å². The minimum absolute atomic E-state index is 0.0286. The Labute approximate surface area is 155 Å². The Morgan fingerprint density at radius 1 is 0.923 bits per heavy atom. The van der Waals surface area contributed by atoms with Crippen LogP contribution in [0, 0.1) is 5.92 Å². The van der Waals surface area contributed by atoms with Crippen molar-refractivity contribution in [2.75, 3.05) is 6.61 Å². The lowest BCUT2D eigenvalue weighted by Gasteiger charge is -2.48. The van der Waals surface area contributed by atoms with Crippen molar-refractivity contribution in [3.05, 3.63) is 71.8 Å². The maximum Gasteiger partial charge on any atom is 0.184 e. The molecular formula is C22H26O4. The van der Waals surface area contributed by atoms with Crippen LogP contribution in [0.15, 0.2) is 60.7 Å². The number of hydrogen-bond acceptors (Lipinski definition) is 4. The highest BCUT2D eigenvalue weighted by Crippen LogP contribution is 2.37. The SMILES string of the molecule is CC1OC2COC(c3ccccc3)OC2C(OCc2ccccc2)C1C. The zero-order valence-corrected chi connectivity index (χ0v) is 15.3. The van der Waals surface area contributed by atoms with E-state index in [-0.39, 0.29) is 36.6 Å². The summed E-state index contributed by atoms with van der Waals surface area (Å²) in [5.74, 6) is 0.245. The molecule has 0 N–H and O–H groups in total. The molecule has 2 heterocycles. The smallest absolute Gasteiger partial charge is 0.184 e. The molecule has 0 radical (unpaired) electrons. The summed E-state index contributed by atoms with van der Waals surface area (Å²) < 4.78 is 24.7. The minimum atomic E-state index is -0.371. The first-order chi connectivity index (χ1) is 12.7. The molecule has 2 aromatic rings. The maximum absolute atomic E-state index is 6.34. The molecule has 0 amide bonds. The molecule has 2 fully saturated rings. The van der Waals surface area contributed by atoms with Gasteiger partial charge in [-0.2, -0.15) is 0 Å². The Morgan fingerprint density at radius 2 is 1.62 bits per heavy atom. The van der Waals surface area contributed by atoms with Gasteiger partial charge in [-0.15, -0.1) is 0 Å². The van der Waals surface area contributed by atoms with Gasteiger partial charge in [-0.25, -0.2) is 0 Å². The molecule has 6 unspecified atom stereocenters. The second-order valence-corrected chi connectivity index (χ2v) is 7.18. The molecule has 2 aliphatic heterocycles. The van der Waals surface area contributed by atoms with Gasteiger partial charge in [0.1, 0.15) is 12.2 Å². The first-order valence-corrected chi connectivity index (χ1v) is 9.35. The van der Waals surface area contributed by atoms with Crippen molar-refractivity contribution in [3.8, 4) is 0 Å². The van der Waals surface area contributed by atoms with Crippen LogP contribution in [0.5, 0.6) is 0 Å². The fourth-order valence-electron chi connectivity index (χ4n) is 3.72. The van der Waals surface area contributed by atoms with E-state index in [9.17, 15) is 0 Å². The largest absolute Gasteiger partial charge is 0.370 e. The highest BCUT2D eigenvalue weighted by Gasteiger charge is 2.47. The number of hydrogen-bond donors (Lipinski definition) is 0. The van der Waals surface area contributed by atoms with Crippen molar-refractivity contribution in [1.29, 1.82) is 0 Å². The number of fused-ring (bicyclic) bond motifs is 1. The van der Waals surface area contributed by atoms with Crippen molar-refractivity contribution in [1.82, 2.24) is 0 Å². The van der Waals surface area contributed by atoms with Crippen LogP contribution in [0.4, 0.5) is 0 Å². The molecule has 6 atom stereocenters. The zero-order valence-electron chi connectivity index (χ0n) is 15.3. The lowest BCUT2D eigenvalue weighted by Crippen LogP contribution is -2.58. The van der Waals surface area contributed by atoms with Crippen molar-refractivity contribution in [2.45, 2.75) is 51.2 Å². The molecule has 0 aliphatic carbocycles. The number of benzene rings is 2. The molecule has 4 heteroatoms. The van der Waals surface area contributed by atoms with Crippen molar-refractivity contribution in [2.24, 2.45) is 5.92 Å². The Kier molecular flexibility index (Phi) is 5.36. The van der Waals surface area contributed by atoms with Crippen LogP contribution < -0.4 is 0 Å². The predicted molar refractivity (Wildman–Crippen MR) is 98.5 cm³/mol. The van der Waals surface area contributed by atoms with Crippen LogP contribution in [0.1, 0.15) is 31.3 Å². The van der Waals surface area contributed by atoms with Crippen LogP contribution >= 0.6 is 0 Å². The van der Waals surface area contributed by atoms with Crippen LogP contribution in [0.3, 0.4) is 0 Å². The maximum atomic E-state index is 6.34. The monoisotopic (exact) mass is 354 g/mol. The lowest BCUT2D eigenvalue weighted by molar-refractivity contribution is -0.325. The third-order valence-corrected chi connectivity index (χ3v) is 5.39. The van der Waals surface area contributed by atoms with Gasteiger partial charge in [-0.05, 0) is 12.5 Å². The van der Waals surface area contributed by atoms with E-state index in [4.69, 9.17) is 18.9 Å². The summed E-state index contributed by atoms with van der Waals surface area (Å²) in [6, 6.07) is 20.3. The Bertz CT molecular complexity index is 690. The zero-order chi connectivity index (χ0) is 17.9. The average Bonchev–Trinajstić information content (AvgIpc) is 2.69.